The maximum Gasteiger partial charge on any atom is 0.345 e. The molecule has 0 saturated heterocycles. The summed E-state index contributed by atoms with van der Waals surface area (Å²) in [6, 6.07) is 5.80. The molecule has 11 heteroatoms. The zero-order valence-electron chi connectivity index (χ0n) is 17.1. The van der Waals surface area contributed by atoms with Crippen LogP contribution in [0.15, 0.2) is 34.2 Å². The monoisotopic (exact) mass is 525 g/mol. The Labute approximate surface area is 191 Å². The summed E-state index contributed by atoms with van der Waals surface area (Å²) in [7, 11) is 0. The van der Waals surface area contributed by atoms with E-state index < -0.39 is 0 Å². The largest absolute Gasteiger partial charge is 0.357 e. The van der Waals surface area contributed by atoms with Crippen molar-refractivity contribution in [3.63, 3.8) is 0 Å². The second-order valence-corrected chi connectivity index (χ2v) is 7.05. The van der Waals surface area contributed by atoms with Gasteiger partial charge in [-0.1, -0.05) is 6.07 Å². The van der Waals surface area contributed by atoms with Gasteiger partial charge in [0.15, 0.2) is 17.4 Å². The van der Waals surface area contributed by atoms with Gasteiger partial charge < -0.3 is 10.6 Å². The van der Waals surface area contributed by atoms with E-state index in [1.807, 2.05) is 40.3 Å². The molecule has 0 bridgehead atoms. The van der Waals surface area contributed by atoms with Crippen molar-refractivity contribution in [2.45, 2.75) is 52.2 Å². The first-order valence-corrected chi connectivity index (χ1v) is 10.2. The fourth-order valence-corrected chi connectivity index (χ4v) is 3.52. The van der Waals surface area contributed by atoms with Crippen molar-refractivity contribution >= 4 is 35.6 Å². The van der Waals surface area contributed by atoms with E-state index in [2.05, 4.69) is 30.9 Å². The molecule has 3 aromatic heterocycles. The molecule has 0 aromatic carbocycles. The third-order valence-electron chi connectivity index (χ3n) is 4.98. The van der Waals surface area contributed by atoms with Gasteiger partial charge in [-0.15, -0.1) is 34.2 Å². The molecule has 0 amide bonds. The van der Waals surface area contributed by atoms with Crippen LogP contribution in [0.2, 0.25) is 0 Å². The van der Waals surface area contributed by atoms with E-state index in [4.69, 9.17) is 0 Å². The van der Waals surface area contributed by atoms with E-state index in [-0.39, 0.29) is 29.7 Å². The summed E-state index contributed by atoms with van der Waals surface area (Å²) in [4.78, 5) is 17.0. The van der Waals surface area contributed by atoms with E-state index in [9.17, 15) is 4.79 Å². The average Bonchev–Trinajstić information content (AvgIpc) is 3.30. The minimum absolute atomic E-state index is 0. The molecule has 0 unspecified atom stereocenters. The van der Waals surface area contributed by atoms with Crippen molar-refractivity contribution in [1.82, 2.24) is 39.6 Å². The summed E-state index contributed by atoms with van der Waals surface area (Å²) in [5.41, 5.74) is 0.822. The molecule has 1 aliphatic heterocycles. The van der Waals surface area contributed by atoms with Gasteiger partial charge in [0.1, 0.15) is 12.4 Å². The molecule has 0 atom stereocenters. The van der Waals surface area contributed by atoms with Crippen LogP contribution >= 0.6 is 24.0 Å². The summed E-state index contributed by atoms with van der Waals surface area (Å²) in [5, 5.41) is 19.4. The Bertz CT molecular complexity index is 1050. The summed E-state index contributed by atoms with van der Waals surface area (Å²) in [6.07, 6.45) is 5.79. The van der Waals surface area contributed by atoms with Gasteiger partial charge in [0, 0.05) is 38.8 Å². The Kier molecular flexibility index (Phi) is 7.82. The number of rotatable bonds is 7. The van der Waals surface area contributed by atoms with Crippen LogP contribution in [0.4, 0.5) is 0 Å². The molecule has 4 rings (SSSR count). The molecule has 0 spiro atoms. The van der Waals surface area contributed by atoms with Crippen LogP contribution in [-0.4, -0.2) is 48.0 Å². The molecular weight excluding hydrogens is 497 g/mol. The summed E-state index contributed by atoms with van der Waals surface area (Å²) < 4.78 is 5.33. The topological polar surface area (TPSA) is 106 Å². The van der Waals surface area contributed by atoms with Crippen LogP contribution in [-0.2, 0) is 26.1 Å². The van der Waals surface area contributed by atoms with Crippen LogP contribution < -0.4 is 16.3 Å². The van der Waals surface area contributed by atoms with Crippen LogP contribution in [0.1, 0.15) is 37.8 Å². The lowest BCUT2D eigenvalue weighted by Crippen LogP contribution is -2.38. The number of halogens is 1. The molecule has 4 heterocycles. The Morgan fingerprint density at radius 3 is 2.97 bits per heavy atom. The normalized spacial score (nSPS) is 13.7. The van der Waals surface area contributed by atoms with Crippen LogP contribution in [0.25, 0.3) is 5.65 Å². The fraction of sp³-hybridized carbons (Fsp3) is 0.526. The number of hydrogen-bond acceptors (Lipinski definition) is 5. The molecular formula is C19H28IN9O. The number of fused-ring (bicyclic) bond motifs is 2. The highest BCUT2D eigenvalue weighted by Gasteiger charge is 2.16. The third-order valence-corrected chi connectivity index (χ3v) is 4.98. The molecule has 162 valence electrons. The second kappa shape index (κ2) is 10.5. The van der Waals surface area contributed by atoms with Gasteiger partial charge in [-0.05, 0) is 38.3 Å². The summed E-state index contributed by atoms with van der Waals surface area (Å²) in [5.74, 6) is 2.43. The average molecular weight is 525 g/mol. The fourth-order valence-electron chi connectivity index (χ4n) is 3.52. The first-order valence-electron chi connectivity index (χ1n) is 10.2. The van der Waals surface area contributed by atoms with Gasteiger partial charge in [0.25, 0.3) is 0 Å². The van der Waals surface area contributed by atoms with Crippen molar-refractivity contribution in [2.75, 3.05) is 13.1 Å². The van der Waals surface area contributed by atoms with Gasteiger partial charge in [-0.3, -0.25) is 8.97 Å². The third kappa shape index (κ3) is 4.99. The van der Waals surface area contributed by atoms with E-state index >= 15 is 0 Å². The van der Waals surface area contributed by atoms with Crippen molar-refractivity contribution in [3.8, 4) is 0 Å². The number of guanidine groups is 1. The number of aryl methyl sites for hydroxylation is 2. The Balaban J connectivity index is 0.00000256. The van der Waals surface area contributed by atoms with Crippen molar-refractivity contribution < 1.29 is 0 Å². The predicted octanol–water partition coefficient (Wildman–Crippen LogP) is 1.19. The van der Waals surface area contributed by atoms with Gasteiger partial charge in [-0.2, -0.15) is 5.10 Å². The molecule has 3 aromatic rings. The lowest BCUT2D eigenvalue weighted by atomic mass is 10.2. The van der Waals surface area contributed by atoms with E-state index in [0.29, 0.717) is 19.6 Å². The zero-order chi connectivity index (χ0) is 20.1. The minimum atomic E-state index is 0. The minimum Gasteiger partial charge on any atom is -0.357 e. The van der Waals surface area contributed by atoms with Gasteiger partial charge in [0.05, 0.1) is 0 Å². The van der Waals surface area contributed by atoms with Crippen molar-refractivity contribution in [2.24, 2.45) is 4.99 Å². The number of aliphatic imine (C=N–C) groups is 1. The van der Waals surface area contributed by atoms with Gasteiger partial charge >= 0.3 is 5.69 Å². The maximum absolute atomic E-state index is 12.4. The molecule has 0 saturated carbocycles. The Morgan fingerprint density at radius 1 is 1.23 bits per heavy atom. The first-order chi connectivity index (χ1) is 14.3. The molecule has 30 heavy (non-hydrogen) atoms. The van der Waals surface area contributed by atoms with Gasteiger partial charge in [-0.25, -0.2) is 14.5 Å². The smallest absolute Gasteiger partial charge is 0.345 e. The number of hydrogen-bond donors (Lipinski definition) is 2. The van der Waals surface area contributed by atoms with Crippen LogP contribution in [0, 0.1) is 0 Å². The van der Waals surface area contributed by atoms with E-state index in [1.54, 1.807) is 4.68 Å². The molecule has 0 aliphatic carbocycles. The number of aromatic nitrogens is 6. The molecule has 2 N–H and O–H groups in total. The number of nitrogens with one attached hydrogen (secondary N) is 2. The quantitative estimate of drug-likeness (QED) is 0.208. The Hall–Kier alpha value is -2.44. The molecule has 10 nitrogen and oxygen atoms in total. The summed E-state index contributed by atoms with van der Waals surface area (Å²) >= 11 is 0. The highest BCUT2D eigenvalue weighted by molar-refractivity contribution is 14.0. The highest BCUT2D eigenvalue weighted by Crippen LogP contribution is 2.09. The van der Waals surface area contributed by atoms with E-state index in [0.717, 1.165) is 62.0 Å². The van der Waals surface area contributed by atoms with E-state index in [1.165, 1.54) is 0 Å². The number of pyridine rings is 1. The van der Waals surface area contributed by atoms with Crippen molar-refractivity contribution in [1.29, 1.82) is 0 Å². The van der Waals surface area contributed by atoms with Crippen molar-refractivity contribution in [3.05, 3.63) is 46.5 Å². The standard InChI is InChI=1S/C19H27N9O.HI/c1-2-20-18(22-14-17-24-23-15-8-3-5-11-26(15)17)21-10-7-13-28-19(29)27-12-6-4-9-16(27)25-28;/h3,5,8,11H,2,4,6-7,9-10,12-14H2,1H3,(H2,20,21,22);1H. The maximum atomic E-state index is 12.4. The summed E-state index contributed by atoms with van der Waals surface area (Å²) in [6.45, 7) is 5.30. The molecule has 1 aliphatic rings. The zero-order valence-corrected chi connectivity index (χ0v) is 19.5. The first kappa shape index (κ1) is 22.2. The highest BCUT2D eigenvalue weighted by atomic mass is 127. The van der Waals surface area contributed by atoms with Crippen LogP contribution in [0.5, 0.6) is 0 Å². The second-order valence-electron chi connectivity index (χ2n) is 7.05. The lowest BCUT2D eigenvalue weighted by Gasteiger charge is -2.10. The molecule has 0 radical (unpaired) electrons. The Morgan fingerprint density at radius 2 is 2.13 bits per heavy atom. The lowest BCUT2D eigenvalue weighted by molar-refractivity contribution is 0.509. The number of nitrogens with zero attached hydrogens (tertiary/aromatic N) is 7. The van der Waals surface area contributed by atoms with Gasteiger partial charge in [0.2, 0.25) is 0 Å². The predicted molar refractivity (Wildman–Crippen MR) is 125 cm³/mol. The molecule has 0 fully saturated rings. The van der Waals surface area contributed by atoms with Crippen LogP contribution in [0.3, 0.4) is 0 Å². The SMILES string of the molecule is CCNC(=NCc1nnc2ccccn12)NCCCn1nc2n(c1=O)CCCC2.I.